The van der Waals surface area contributed by atoms with Crippen molar-refractivity contribution in [2.75, 3.05) is 0 Å². The molecule has 0 unspecified atom stereocenters. The van der Waals surface area contributed by atoms with Gasteiger partial charge >= 0.3 is 23.5 Å². The molecule has 13 heteroatoms. The lowest BCUT2D eigenvalue weighted by Crippen LogP contribution is -2.43. The van der Waals surface area contributed by atoms with Gasteiger partial charge in [-0.1, -0.05) is 12.1 Å². The zero-order valence-electron chi connectivity index (χ0n) is 19.7. The molecule has 1 N–H and O–H groups in total. The van der Waals surface area contributed by atoms with Gasteiger partial charge in [-0.05, 0) is 48.2 Å². The lowest BCUT2D eigenvalue weighted by Gasteiger charge is -2.19. The second-order valence-corrected chi connectivity index (χ2v) is 8.86. The Labute approximate surface area is 210 Å². The number of fused-ring (bicyclic) bond motifs is 2. The number of aryl methyl sites for hydroxylation is 1. The van der Waals surface area contributed by atoms with E-state index in [0.717, 1.165) is 16.8 Å². The normalized spacial score (nSPS) is 15.0. The summed E-state index contributed by atoms with van der Waals surface area (Å²) in [6.45, 7) is -0.283. The first-order valence-corrected chi connectivity index (χ1v) is 11.3. The van der Waals surface area contributed by atoms with Crippen LogP contribution in [0.1, 0.15) is 39.5 Å². The lowest BCUT2D eigenvalue weighted by atomic mass is 10.0. The van der Waals surface area contributed by atoms with Gasteiger partial charge in [0.15, 0.2) is 0 Å². The molecule has 1 atom stereocenters. The van der Waals surface area contributed by atoms with Crippen molar-refractivity contribution >= 4 is 17.0 Å². The van der Waals surface area contributed by atoms with Gasteiger partial charge in [-0.2, -0.15) is 18.4 Å². The molecule has 5 rings (SSSR count). The number of nitriles is 1. The molecule has 1 aliphatic carbocycles. The van der Waals surface area contributed by atoms with E-state index in [4.69, 9.17) is 5.26 Å². The number of hydrogen-bond acceptors (Lipinski definition) is 5. The molecule has 0 radical (unpaired) electrons. The summed E-state index contributed by atoms with van der Waals surface area (Å²) in [4.78, 5) is 51.3. The molecule has 0 aliphatic heterocycles. The minimum Gasteiger partial charge on any atom is -0.477 e. The Kier molecular flexibility index (Phi) is 5.63. The van der Waals surface area contributed by atoms with E-state index in [0.29, 0.717) is 15.6 Å². The maximum Gasteiger partial charge on any atom is 0.416 e. The number of rotatable bonds is 4. The number of carbonyl (C=O) groups is 1. The molecule has 0 bridgehead atoms. The number of nitrogens with zero attached hydrogens (tertiary/aromatic N) is 5. The van der Waals surface area contributed by atoms with Crippen LogP contribution in [0.5, 0.6) is 0 Å². The van der Waals surface area contributed by atoms with Crippen LogP contribution in [0.2, 0.25) is 0 Å². The van der Waals surface area contributed by atoms with Crippen LogP contribution in [0, 0.1) is 11.3 Å². The van der Waals surface area contributed by atoms with Crippen molar-refractivity contribution in [3.05, 3.63) is 96.2 Å². The first kappa shape index (κ1) is 24.8. The fourth-order valence-corrected chi connectivity index (χ4v) is 5.12. The number of aromatic carboxylic acids is 1. The van der Waals surface area contributed by atoms with Crippen molar-refractivity contribution in [3.8, 4) is 11.8 Å². The van der Waals surface area contributed by atoms with E-state index in [2.05, 4.69) is 0 Å². The molecule has 0 saturated heterocycles. The van der Waals surface area contributed by atoms with Crippen molar-refractivity contribution < 1.29 is 23.1 Å². The molecule has 194 valence electrons. The molecule has 4 aromatic rings. The van der Waals surface area contributed by atoms with Gasteiger partial charge in [0.2, 0.25) is 0 Å². The summed E-state index contributed by atoms with van der Waals surface area (Å²) in [5.41, 5.74) is -3.31. The van der Waals surface area contributed by atoms with Gasteiger partial charge in [-0.3, -0.25) is 23.1 Å². The summed E-state index contributed by atoms with van der Waals surface area (Å²) in [6, 6.07) is 8.60. The van der Waals surface area contributed by atoms with Gasteiger partial charge in [-0.25, -0.2) is 14.4 Å². The van der Waals surface area contributed by atoms with E-state index in [1.54, 1.807) is 0 Å². The molecule has 2 aromatic carbocycles. The molecule has 0 spiro atoms. The predicted octanol–water partition coefficient (Wildman–Crippen LogP) is 2.43. The highest BCUT2D eigenvalue weighted by Crippen LogP contribution is 2.41. The number of aromatic nitrogens is 4. The number of benzene rings is 2. The van der Waals surface area contributed by atoms with Gasteiger partial charge in [0.05, 0.1) is 34.4 Å². The number of halogens is 3. The molecule has 0 amide bonds. The van der Waals surface area contributed by atoms with Gasteiger partial charge < -0.3 is 5.11 Å². The van der Waals surface area contributed by atoms with Crippen molar-refractivity contribution in [2.45, 2.75) is 31.6 Å². The maximum absolute atomic E-state index is 13.6. The fourth-order valence-electron chi connectivity index (χ4n) is 5.12. The monoisotopic (exact) mass is 525 g/mol. The van der Waals surface area contributed by atoms with Gasteiger partial charge in [-0.15, -0.1) is 0 Å². The Morgan fingerprint density at radius 2 is 1.87 bits per heavy atom. The quantitative estimate of drug-likeness (QED) is 0.435. The molecular weight excluding hydrogens is 507 g/mol. The van der Waals surface area contributed by atoms with E-state index in [9.17, 15) is 37.5 Å². The molecule has 10 nitrogen and oxygen atoms in total. The van der Waals surface area contributed by atoms with Crippen LogP contribution in [0.4, 0.5) is 13.2 Å². The van der Waals surface area contributed by atoms with Gasteiger partial charge in [0.1, 0.15) is 12.1 Å². The highest BCUT2D eigenvalue weighted by Gasteiger charge is 2.38. The van der Waals surface area contributed by atoms with Crippen molar-refractivity contribution in [3.63, 3.8) is 0 Å². The molecular formula is C25H18F3N5O5. The summed E-state index contributed by atoms with van der Waals surface area (Å²) >= 11 is 0. The Morgan fingerprint density at radius 1 is 1.13 bits per heavy atom. The topological polar surface area (TPSA) is 132 Å². The Hall–Kier alpha value is -4.86. The maximum atomic E-state index is 13.6. The van der Waals surface area contributed by atoms with E-state index in [1.807, 2.05) is 6.07 Å². The number of carboxylic acid groups (broad SMARTS) is 1. The zero-order chi connectivity index (χ0) is 27.5. The highest BCUT2D eigenvalue weighted by molar-refractivity contribution is 5.87. The molecule has 2 heterocycles. The summed E-state index contributed by atoms with van der Waals surface area (Å²) in [6.07, 6.45) is -3.86. The molecule has 0 fully saturated rings. The third kappa shape index (κ3) is 3.64. The Bertz CT molecular complexity index is 1870. The Morgan fingerprint density at radius 3 is 2.53 bits per heavy atom. The molecule has 38 heavy (non-hydrogen) atoms. The van der Waals surface area contributed by atoms with Crippen LogP contribution in [0.3, 0.4) is 0 Å². The summed E-state index contributed by atoms with van der Waals surface area (Å²) in [5, 5.41) is 18.8. The average molecular weight is 525 g/mol. The molecule has 0 saturated carbocycles. The third-order valence-electron chi connectivity index (χ3n) is 6.84. The number of hydrogen-bond donors (Lipinski definition) is 1. The van der Waals surface area contributed by atoms with Crippen LogP contribution >= 0.6 is 0 Å². The van der Waals surface area contributed by atoms with Gasteiger partial charge in [0.25, 0.3) is 5.56 Å². The number of imidazole rings is 1. The van der Waals surface area contributed by atoms with Gasteiger partial charge in [0, 0.05) is 13.2 Å². The van der Waals surface area contributed by atoms with E-state index >= 15 is 0 Å². The van der Waals surface area contributed by atoms with Crippen LogP contribution < -0.4 is 16.9 Å². The first-order valence-electron chi connectivity index (χ1n) is 11.3. The highest BCUT2D eigenvalue weighted by atomic mass is 19.4. The minimum absolute atomic E-state index is 0.0138. The smallest absolute Gasteiger partial charge is 0.416 e. The zero-order valence-corrected chi connectivity index (χ0v) is 19.7. The third-order valence-corrected chi connectivity index (χ3v) is 6.84. The van der Waals surface area contributed by atoms with Crippen LogP contribution in [0.25, 0.3) is 16.7 Å². The van der Waals surface area contributed by atoms with Crippen LogP contribution in [0.15, 0.2) is 57.0 Å². The van der Waals surface area contributed by atoms with Crippen molar-refractivity contribution in [1.82, 2.24) is 18.3 Å². The van der Waals surface area contributed by atoms with E-state index in [-0.39, 0.29) is 36.2 Å². The fraction of sp³-hybridized carbons (Fsp3) is 0.240. The second-order valence-electron chi connectivity index (χ2n) is 8.86. The Balaban J connectivity index is 1.77. The summed E-state index contributed by atoms with van der Waals surface area (Å²) in [5.74, 6) is -1.62. The molecule has 2 aromatic heterocycles. The number of alkyl halides is 3. The average Bonchev–Trinajstić information content (AvgIpc) is 3.38. The van der Waals surface area contributed by atoms with E-state index in [1.165, 1.54) is 46.5 Å². The standard InChI is InChI=1S/C25H18F3N5O5/c1-30-19-7-5-13(11-20(19)31(10-9-29)23(30)37)32-12-16(22(35)36)21(34)33(24(32)38)18-8-6-14-15(18)3-2-4-17(14)25(26,27)28/h2-5,7,11-12,18H,6,8,10H2,1H3,(H,35,36)/t18-/m1/s1. The molecule has 1 aliphatic rings. The summed E-state index contributed by atoms with van der Waals surface area (Å²) in [7, 11) is 1.50. The summed E-state index contributed by atoms with van der Waals surface area (Å²) < 4.78 is 44.8. The lowest BCUT2D eigenvalue weighted by molar-refractivity contribution is -0.138. The van der Waals surface area contributed by atoms with E-state index < -0.39 is 46.3 Å². The SMILES string of the molecule is Cn1c(=O)n(CC#N)c2cc(-n3cc(C(=O)O)c(=O)n([C@@H]4CCc5c4cccc5C(F)(F)F)c3=O)ccc21. The second kappa shape index (κ2) is 8.62. The largest absolute Gasteiger partial charge is 0.477 e. The predicted molar refractivity (Wildman–Crippen MR) is 128 cm³/mol. The first-order chi connectivity index (χ1) is 18.0. The van der Waals surface area contributed by atoms with Crippen LogP contribution in [-0.4, -0.2) is 29.3 Å². The number of carboxylic acids is 1. The minimum atomic E-state index is -4.64. The van der Waals surface area contributed by atoms with Crippen molar-refractivity contribution in [1.29, 1.82) is 5.26 Å². The van der Waals surface area contributed by atoms with Crippen molar-refractivity contribution in [2.24, 2.45) is 7.05 Å². The van der Waals surface area contributed by atoms with Crippen LogP contribution in [-0.2, 0) is 26.2 Å².